The van der Waals surface area contributed by atoms with Gasteiger partial charge in [0.1, 0.15) is 0 Å². The van der Waals surface area contributed by atoms with Crippen molar-refractivity contribution in [3.8, 4) is 0 Å². The molecule has 0 bridgehead atoms. The highest BCUT2D eigenvalue weighted by Gasteiger charge is 2.42. The molecule has 0 aliphatic carbocycles. The molecule has 0 atom stereocenters. The van der Waals surface area contributed by atoms with E-state index in [1.807, 2.05) is 25.2 Å². The second-order valence-electron chi connectivity index (χ2n) is 17.3. The Bertz CT molecular complexity index is 1550. The van der Waals surface area contributed by atoms with Crippen molar-refractivity contribution in [3.63, 3.8) is 0 Å². The molecule has 0 saturated heterocycles. The zero-order valence-electron chi connectivity index (χ0n) is 51.7. The first kappa shape index (κ1) is 79.6. The van der Waals surface area contributed by atoms with Crippen LogP contribution in [0.2, 0.25) is 12.1 Å². The average Bonchev–Trinajstić information content (AvgIpc) is 3.82. The maximum absolute atomic E-state index is 6.01. The van der Waals surface area contributed by atoms with E-state index >= 15 is 0 Å². The van der Waals surface area contributed by atoms with E-state index in [0.29, 0.717) is 11.5 Å². The number of nitrogens with zero attached hydrogens (tertiary/aromatic N) is 3. The van der Waals surface area contributed by atoms with Crippen molar-refractivity contribution >= 4 is 66.9 Å². The average molecular weight is 1200 g/mol. The second-order valence-corrected chi connectivity index (χ2v) is 33.7. The molecule has 0 spiro atoms. The van der Waals surface area contributed by atoms with Crippen LogP contribution in [0.5, 0.6) is 0 Å². The van der Waals surface area contributed by atoms with E-state index in [2.05, 4.69) is 72.7 Å². The third-order valence-electron chi connectivity index (χ3n) is 12.1. The molecule has 0 aliphatic rings. The standard InChI is InChI=1S/C15H24NO4SSi.C10H25NO3Si.C9H23NO3Si.C8H21NO3Si.C7H19NO3Si/c1-5-6-11-16-13-9-7-8-10-14(13)20-15(16)21-12-22(17-2,18-3)19-4;1-6-8-11(2)9-7-10-15(12-3,13-4)14-5;1-5-7-10-8-6-9-14(11-2,12-3)13-4;1-6-7-9(2)8-13(10-3,11-4)12-5;1-5-6-8-7-12(9-2,10-3)11-4/h7-10H,5-6,11-12H2,1-4H3;6-10H2,1-5H3;10H,5-9H2,1-4H3;6-8H2,1-5H3;8H,5-7H2,1-4H3/q+1;;;;. The van der Waals surface area contributed by atoms with Gasteiger partial charge >= 0.3 is 49.2 Å². The summed E-state index contributed by atoms with van der Waals surface area (Å²) in [4.78, 5) is 4.49. The van der Waals surface area contributed by atoms with Gasteiger partial charge in [-0.3, -0.25) is 0 Å². The molecule has 2 rings (SSSR count). The van der Waals surface area contributed by atoms with E-state index in [1.165, 1.54) is 12.8 Å². The van der Waals surface area contributed by atoms with Gasteiger partial charge in [-0.15, -0.1) is 0 Å². The van der Waals surface area contributed by atoms with Crippen LogP contribution in [0.25, 0.3) is 11.1 Å². The SMILES string of the molecule is CCCC[n+]1c(SC[Si](OC)(OC)OC)oc2ccccc21.CCCN(C)CCC[Si](OC)(OC)OC.CCCN(C)C[Si](OC)(OC)OC.CCCNCCC[Si](OC)(OC)OC.CCCNC[Si](OC)(OC)OC. The van der Waals surface area contributed by atoms with Gasteiger partial charge in [0.15, 0.2) is 6.54 Å². The lowest BCUT2D eigenvalue weighted by Crippen LogP contribution is -2.52. The number of benzene rings is 1. The van der Waals surface area contributed by atoms with Gasteiger partial charge in [-0.05, 0) is 110 Å². The lowest BCUT2D eigenvalue weighted by Gasteiger charge is -2.28. The van der Waals surface area contributed by atoms with Crippen LogP contribution < -0.4 is 15.2 Å². The summed E-state index contributed by atoms with van der Waals surface area (Å²) in [5, 5.41) is 8.04. The van der Waals surface area contributed by atoms with Crippen LogP contribution >= 0.6 is 11.8 Å². The van der Waals surface area contributed by atoms with Gasteiger partial charge in [0.25, 0.3) is 5.52 Å². The molecule has 0 radical (unpaired) electrons. The Kier molecular flexibility index (Phi) is 51.3. The third-order valence-corrected chi connectivity index (χ3v) is 27.5. The lowest BCUT2D eigenvalue weighted by molar-refractivity contribution is -0.716. The fraction of sp³-hybridized carbons (Fsp3) is 0.857. The van der Waals surface area contributed by atoms with Crippen LogP contribution in [-0.4, -0.2) is 232 Å². The Hall–Kier alpha value is -0.636. The predicted octanol–water partition coefficient (Wildman–Crippen LogP) is 7.03. The van der Waals surface area contributed by atoms with Gasteiger partial charge in [0.05, 0.1) is 17.7 Å². The molecule has 1 aromatic heterocycles. The van der Waals surface area contributed by atoms with Crippen LogP contribution in [0.3, 0.4) is 0 Å². The number of para-hydroxylation sites is 2. The Balaban J connectivity index is -0.000000896. The molecule has 1 heterocycles. The lowest BCUT2D eigenvalue weighted by atomic mass is 10.3. The van der Waals surface area contributed by atoms with Gasteiger partial charge in [0.2, 0.25) is 5.58 Å². The number of aromatic nitrogens is 1. The number of hydrogen-bond donors (Lipinski definition) is 2. The van der Waals surface area contributed by atoms with E-state index in [-0.39, 0.29) is 0 Å². The molecule has 76 heavy (non-hydrogen) atoms. The molecule has 2 N–H and O–H groups in total. The minimum absolute atomic E-state index is 0.614. The van der Waals surface area contributed by atoms with E-state index in [0.717, 1.165) is 119 Å². The first-order valence-corrected chi connectivity index (χ1v) is 37.2. The van der Waals surface area contributed by atoms with Crippen LogP contribution in [0.4, 0.5) is 0 Å². The quantitative estimate of drug-likeness (QED) is 0.0299. The van der Waals surface area contributed by atoms with Gasteiger partial charge in [0, 0.05) is 131 Å². The molecule has 2 aromatic rings. The smallest absolute Gasteiger partial charge is 0.393 e. The molecular formula is C49H112N5O16SSi5+. The summed E-state index contributed by atoms with van der Waals surface area (Å²) in [5.41, 5.74) is 2.03. The van der Waals surface area contributed by atoms with Crippen molar-refractivity contribution in [1.29, 1.82) is 0 Å². The fourth-order valence-corrected chi connectivity index (χ4v) is 17.4. The number of thioether (sulfide) groups is 1. The topological polar surface area (TPSA) is 186 Å². The molecule has 454 valence electrons. The largest absolute Gasteiger partial charge is 0.514 e. The van der Waals surface area contributed by atoms with Gasteiger partial charge in [-0.25, -0.2) is 0 Å². The van der Waals surface area contributed by atoms with E-state index < -0.39 is 44.0 Å². The number of oxazole rings is 1. The molecule has 0 amide bonds. The first-order chi connectivity index (χ1) is 36.5. The molecule has 0 fully saturated rings. The number of unbranched alkanes of at least 4 members (excludes halogenated alkanes) is 1. The Morgan fingerprint density at radius 3 is 1.33 bits per heavy atom. The van der Waals surface area contributed by atoms with Gasteiger partial charge in [-0.1, -0.05) is 53.2 Å². The number of hydrogen-bond acceptors (Lipinski definition) is 21. The maximum Gasteiger partial charge on any atom is 0.514 e. The molecule has 1 aromatic carbocycles. The van der Waals surface area contributed by atoms with Crippen LogP contribution in [0, 0.1) is 0 Å². The zero-order chi connectivity index (χ0) is 58.4. The molecule has 0 aliphatic heterocycles. The summed E-state index contributed by atoms with van der Waals surface area (Å²) in [6.45, 7) is 18.0. The Labute approximate surface area is 472 Å². The van der Waals surface area contributed by atoms with Crippen molar-refractivity contribution in [3.05, 3.63) is 24.3 Å². The summed E-state index contributed by atoms with van der Waals surface area (Å²) in [6.07, 6.45) is 10.3. The first-order valence-electron chi connectivity index (χ1n) is 26.6. The van der Waals surface area contributed by atoms with E-state index in [9.17, 15) is 0 Å². The molecule has 21 nitrogen and oxygen atoms in total. The van der Waals surface area contributed by atoms with Crippen molar-refractivity contribution in [2.75, 3.05) is 178 Å². The highest BCUT2D eigenvalue weighted by atomic mass is 32.2. The summed E-state index contributed by atoms with van der Waals surface area (Å²) in [6, 6.07) is 9.86. The highest BCUT2D eigenvalue weighted by Crippen LogP contribution is 2.26. The van der Waals surface area contributed by atoms with Crippen molar-refractivity contribution in [2.24, 2.45) is 0 Å². The number of rotatable bonds is 41. The summed E-state index contributed by atoms with van der Waals surface area (Å²) in [5.74, 6) is 0. The summed E-state index contributed by atoms with van der Waals surface area (Å²) >= 11 is 1.59. The van der Waals surface area contributed by atoms with Gasteiger partial charge < -0.3 is 91.2 Å². The molecule has 0 unspecified atom stereocenters. The number of nitrogens with one attached hydrogen (secondary N) is 2. The second kappa shape index (κ2) is 49.0. The zero-order valence-corrected chi connectivity index (χ0v) is 57.5. The van der Waals surface area contributed by atoms with Crippen molar-refractivity contribution < 1.29 is 75.4 Å². The van der Waals surface area contributed by atoms with Crippen LogP contribution in [0.15, 0.2) is 33.9 Å². The van der Waals surface area contributed by atoms with E-state index in [4.69, 9.17) is 70.8 Å². The summed E-state index contributed by atoms with van der Waals surface area (Å²) < 4.78 is 88.2. The summed E-state index contributed by atoms with van der Waals surface area (Å²) in [7, 11) is 16.8. The minimum atomic E-state index is -2.61. The number of fused-ring (bicyclic) bond motifs is 1. The third kappa shape index (κ3) is 32.1. The predicted molar refractivity (Wildman–Crippen MR) is 317 cm³/mol. The normalized spacial score (nSPS) is 12.2. The number of aryl methyl sites for hydroxylation is 1. The van der Waals surface area contributed by atoms with Crippen LogP contribution in [0.1, 0.15) is 86.0 Å². The Morgan fingerprint density at radius 1 is 0.461 bits per heavy atom. The highest BCUT2D eigenvalue weighted by molar-refractivity contribution is 8.00. The Morgan fingerprint density at radius 2 is 0.895 bits per heavy atom. The molecule has 27 heteroatoms. The van der Waals surface area contributed by atoms with Crippen molar-refractivity contribution in [1.82, 2.24) is 20.4 Å². The maximum atomic E-state index is 6.01. The monoisotopic (exact) mass is 1200 g/mol. The van der Waals surface area contributed by atoms with Gasteiger partial charge in [-0.2, -0.15) is 4.57 Å². The van der Waals surface area contributed by atoms with Crippen LogP contribution in [-0.2, 0) is 72.9 Å². The molecule has 0 saturated carbocycles. The fourth-order valence-electron chi connectivity index (χ4n) is 7.25. The minimum Gasteiger partial charge on any atom is -0.393 e. The van der Waals surface area contributed by atoms with Crippen molar-refractivity contribution in [2.45, 2.75) is 110 Å². The van der Waals surface area contributed by atoms with E-state index in [1.54, 1.807) is 118 Å². The molecular weight excluding hydrogens is 1090 g/mol.